The van der Waals surface area contributed by atoms with E-state index in [0.29, 0.717) is 12.0 Å². The fourth-order valence-corrected chi connectivity index (χ4v) is 6.20. The van der Waals surface area contributed by atoms with Gasteiger partial charge in [-0.05, 0) is 80.7 Å². The molecule has 0 radical (unpaired) electrons. The zero-order chi connectivity index (χ0) is 27.5. The first-order chi connectivity index (χ1) is 19.2. The van der Waals surface area contributed by atoms with E-state index in [0.717, 1.165) is 23.6 Å². The van der Waals surface area contributed by atoms with Gasteiger partial charge in [-0.2, -0.15) is 0 Å². The van der Waals surface area contributed by atoms with Gasteiger partial charge >= 0.3 is 0 Å². The lowest BCUT2D eigenvalue weighted by Crippen LogP contribution is -2.29. The number of hydrogen-bond acceptors (Lipinski definition) is 3. The predicted molar refractivity (Wildman–Crippen MR) is 168 cm³/mol. The highest BCUT2D eigenvalue weighted by atomic mass is 16.5. The van der Waals surface area contributed by atoms with Crippen LogP contribution < -0.4 is 4.74 Å². The van der Waals surface area contributed by atoms with Gasteiger partial charge in [-0.3, -0.25) is 0 Å². The van der Waals surface area contributed by atoms with Crippen molar-refractivity contribution in [3.05, 3.63) is 41.7 Å². The molecule has 3 heteroatoms. The minimum Gasteiger partial charge on any atom is -0.490 e. The second-order valence-electron chi connectivity index (χ2n) is 12.2. The van der Waals surface area contributed by atoms with E-state index in [1.807, 2.05) is 12.4 Å². The Bertz CT molecular complexity index is 887. The molecular formula is C36H58N2O. The lowest BCUT2D eigenvalue weighted by atomic mass is 9.83. The van der Waals surface area contributed by atoms with Gasteiger partial charge < -0.3 is 4.74 Å². The third kappa shape index (κ3) is 12.0. The Balaban J connectivity index is 1.50. The molecular weight excluding hydrogens is 476 g/mol. The average Bonchev–Trinajstić information content (AvgIpc) is 2.97. The molecule has 0 spiro atoms. The molecule has 0 saturated heterocycles. The largest absolute Gasteiger partial charge is 0.490 e. The maximum absolute atomic E-state index is 6.78. The van der Waals surface area contributed by atoms with Crippen LogP contribution >= 0.6 is 0 Å². The van der Waals surface area contributed by atoms with Crippen molar-refractivity contribution < 1.29 is 4.74 Å². The van der Waals surface area contributed by atoms with Crippen molar-refractivity contribution in [2.45, 2.75) is 162 Å². The summed E-state index contributed by atoms with van der Waals surface area (Å²) in [5.74, 6) is 2.58. The third-order valence-corrected chi connectivity index (χ3v) is 8.75. The number of rotatable bonds is 20. The van der Waals surface area contributed by atoms with Gasteiger partial charge in [0.05, 0.1) is 0 Å². The molecule has 1 aliphatic carbocycles. The summed E-state index contributed by atoms with van der Waals surface area (Å²) in [6.45, 7) is 6.75. The third-order valence-electron chi connectivity index (χ3n) is 8.75. The van der Waals surface area contributed by atoms with Crippen molar-refractivity contribution in [1.82, 2.24) is 9.97 Å². The number of benzene rings is 1. The van der Waals surface area contributed by atoms with Crippen LogP contribution in [0, 0.1) is 12.8 Å². The van der Waals surface area contributed by atoms with Gasteiger partial charge in [-0.1, -0.05) is 110 Å². The molecule has 218 valence electrons. The van der Waals surface area contributed by atoms with E-state index in [-0.39, 0.29) is 0 Å². The summed E-state index contributed by atoms with van der Waals surface area (Å²) < 4.78 is 6.78. The fourth-order valence-electron chi connectivity index (χ4n) is 6.20. The monoisotopic (exact) mass is 534 g/mol. The van der Waals surface area contributed by atoms with Gasteiger partial charge in [0.25, 0.3) is 0 Å². The highest BCUT2D eigenvalue weighted by Gasteiger charge is 2.25. The van der Waals surface area contributed by atoms with Crippen LogP contribution in [-0.2, 0) is 6.42 Å². The number of ether oxygens (including phenoxy) is 1. The first-order valence-corrected chi connectivity index (χ1v) is 16.8. The van der Waals surface area contributed by atoms with Crippen LogP contribution in [0.5, 0.6) is 5.75 Å². The zero-order valence-electron chi connectivity index (χ0n) is 25.7. The summed E-state index contributed by atoms with van der Waals surface area (Å²) >= 11 is 0. The molecule has 3 rings (SSSR count). The molecule has 1 aromatic carbocycles. The summed E-state index contributed by atoms with van der Waals surface area (Å²) in [6, 6.07) is 6.53. The van der Waals surface area contributed by atoms with Crippen LogP contribution in [0.15, 0.2) is 30.6 Å². The van der Waals surface area contributed by atoms with Crippen molar-refractivity contribution in [2.24, 2.45) is 5.92 Å². The van der Waals surface area contributed by atoms with Crippen LogP contribution in [0.25, 0.3) is 11.4 Å². The smallest absolute Gasteiger partial charge is 0.159 e. The van der Waals surface area contributed by atoms with Gasteiger partial charge in [-0.25, -0.2) is 9.97 Å². The number of nitrogens with zero attached hydrogens (tertiary/aromatic N) is 2. The molecule has 0 N–H and O–H groups in total. The Morgan fingerprint density at radius 1 is 0.744 bits per heavy atom. The second kappa shape index (κ2) is 19.2. The fraction of sp³-hybridized carbons (Fsp3) is 0.722. The van der Waals surface area contributed by atoms with E-state index < -0.39 is 0 Å². The predicted octanol–water partition coefficient (Wildman–Crippen LogP) is 11.2. The van der Waals surface area contributed by atoms with Crippen molar-refractivity contribution >= 4 is 0 Å². The highest BCUT2D eigenvalue weighted by molar-refractivity contribution is 5.58. The van der Waals surface area contributed by atoms with E-state index in [4.69, 9.17) is 14.7 Å². The maximum Gasteiger partial charge on any atom is 0.159 e. The van der Waals surface area contributed by atoms with Crippen LogP contribution in [0.1, 0.15) is 153 Å². The van der Waals surface area contributed by atoms with E-state index >= 15 is 0 Å². The van der Waals surface area contributed by atoms with Crippen molar-refractivity contribution in [3.8, 4) is 17.1 Å². The van der Waals surface area contributed by atoms with E-state index in [1.165, 1.54) is 140 Å². The van der Waals surface area contributed by atoms with E-state index in [2.05, 4.69) is 39.0 Å². The zero-order valence-corrected chi connectivity index (χ0v) is 25.7. The van der Waals surface area contributed by atoms with Crippen LogP contribution in [-0.4, -0.2) is 16.1 Å². The summed E-state index contributed by atoms with van der Waals surface area (Å²) in [5, 5.41) is 0. The molecule has 0 amide bonds. The van der Waals surface area contributed by atoms with Gasteiger partial charge in [0, 0.05) is 18.0 Å². The first-order valence-electron chi connectivity index (χ1n) is 16.8. The minimum absolute atomic E-state index is 0.354. The Kier molecular flexibility index (Phi) is 15.6. The summed E-state index contributed by atoms with van der Waals surface area (Å²) in [7, 11) is 0. The highest BCUT2D eigenvalue weighted by Crippen LogP contribution is 2.33. The molecule has 1 aromatic heterocycles. The first kappa shape index (κ1) is 31.6. The number of aromatic nitrogens is 2. The van der Waals surface area contributed by atoms with Gasteiger partial charge in [0.1, 0.15) is 11.9 Å². The van der Waals surface area contributed by atoms with E-state index in [1.54, 1.807) is 0 Å². The molecule has 0 bridgehead atoms. The SMILES string of the molecule is CCCCCCCCCc1cnc(-c2ccc(OC(CCCCCCCCC)C3CCCCC3)c(C)c2)nc1. The number of hydrogen-bond donors (Lipinski definition) is 0. The molecule has 1 fully saturated rings. The van der Waals surface area contributed by atoms with Crippen molar-refractivity contribution in [2.75, 3.05) is 0 Å². The number of aryl methyl sites for hydroxylation is 2. The van der Waals surface area contributed by atoms with Gasteiger partial charge in [-0.15, -0.1) is 0 Å². The van der Waals surface area contributed by atoms with Crippen molar-refractivity contribution in [3.63, 3.8) is 0 Å². The Hall–Kier alpha value is -1.90. The maximum atomic E-state index is 6.78. The van der Waals surface area contributed by atoms with Crippen molar-refractivity contribution in [1.29, 1.82) is 0 Å². The molecule has 1 saturated carbocycles. The molecule has 3 nitrogen and oxygen atoms in total. The standard InChI is InChI=1S/C36H58N2O/c1-4-6-8-10-12-14-17-21-31-28-37-36(38-29-31)33-25-26-34(30(3)27-33)39-35(32-22-18-16-19-23-32)24-20-15-13-11-9-7-5-2/h25-29,32,35H,4-24H2,1-3H3. The Labute approximate surface area is 241 Å². The lowest BCUT2D eigenvalue weighted by molar-refractivity contribution is 0.0962. The topological polar surface area (TPSA) is 35.0 Å². The van der Waals surface area contributed by atoms with Gasteiger partial charge in [0.2, 0.25) is 0 Å². The average molecular weight is 535 g/mol. The molecule has 0 aliphatic heterocycles. The molecule has 39 heavy (non-hydrogen) atoms. The molecule has 1 atom stereocenters. The van der Waals surface area contributed by atoms with Crippen LogP contribution in [0.2, 0.25) is 0 Å². The molecule has 2 aromatic rings. The quantitative estimate of drug-likeness (QED) is 0.158. The van der Waals surface area contributed by atoms with Crippen LogP contribution in [0.3, 0.4) is 0 Å². The Morgan fingerprint density at radius 3 is 1.95 bits per heavy atom. The Morgan fingerprint density at radius 2 is 1.33 bits per heavy atom. The minimum atomic E-state index is 0.354. The number of unbranched alkanes of at least 4 members (excludes halogenated alkanes) is 12. The second-order valence-corrected chi connectivity index (χ2v) is 12.2. The lowest BCUT2D eigenvalue weighted by Gasteiger charge is -2.31. The summed E-state index contributed by atoms with van der Waals surface area (Å²) in [5.41, 5.74) is 3.54. The summed E-state index contributed by atoms with van der Waals surface area (Å²) in [6.07, 6.45) is 32.4. The molecule has 1 heterocycles. The van der Waals surface area contributed by atoms with Gasteiger partial charge in [0.15, 0.2) is 5.82 Å². The molecule has 1 unspecified atom stereocenters. The van der Waals surface area contributed by atoms with E-state index in [9.17, 15) is 0 Å². The molecule has 1 aliphatic rings. The van der Waals surface area contributed by atoms with Crippen LogP contribution in [0.4, 0.5) is 0 Å². The summed E-state index contributed by atoms with van der Waals surface area (Å²) in [4.78, 5) is 9.44. The normalized spacial score (nSPS) is 14.9.